The number of nitrogens with zero attached hydrogens (tertiary/aromatic N) is 2. The highest BCUT2D eigenvalue weighted by Crippen LogP contribution is 2.34. The highest BCUT2D eigenvalue weighted by Gasteiger charge is 2.25. The Morgan fingerprint density at radius 1 is 1.00 bits per heavy atom. The highest BCUT2D eigenvalue weighted by atomic mass is 32.2. The van der Waals surface area contributed by atoms with Crippen LogP contribution in [0.25, 0.3) is 11.3 Å². The van der Waals surface area contributed by atoms with Gasteiger partial charge in [0.2, 0.25) is 5.91 Å². The summed E-state index contributed by atoms with van der Waals surface area (Å²) in [4.78, 5) is 33.8. The summed E-state index contributed by atoms with van der Waals surface area (Å²) in [5, 5.41) is 4.78. The zero-order valence-corrected chi connectivity index (χ0v) is 17.1. The number of aryl methyl sites for hydroxylation is 1. The van der Waals surface area contributed by atoms with Crippen molar-refractivity contribution in [3.8, 4) is 11.3 Å². The summed E-state index contributed by atoms with van der Waals surface area (Å²) in [5.74, 6) is -0.418. The van der Waals surface area contributed by atoms with Crippen molar-refractivity contribution in [2.75, 3.05) is 6.54 Å². The average molecular weight is 407 g/mol. The molecule has 0 aliphatic carbocycles. The molecule has 2 N–H and O–H groups in total. The Morgan fingerprint density at radius 2 is 1.66 bits per heavy atom. The van der Waals surface area contributed by atoms with Gasteiger partial charge in [0, 0.05) is 17.8 Å². The minimum Gasteiger partial charge on any atom is -0.338 e. The monoisotopic (exact) mass is 406 g/mol. The summed E-state index contributed by atoms with van der Waals surface area (Å²) in [6.07, 6.45) is 0. The summed E-state index contributed by atoms with van der Waals surface area (Å²) < 4.78 is 0. The second-order valence-corrected chi connectivity index (χ2v) is 7.37. The highest BCUT2D eigenvalue weighted by molar-refractivity contribution is 8.00. The lowest BCUT2D eigenvalue weighted by atomic mass is 10.1. The van der Waals surface area contributed by atoms with E-state index in [1.165, 1.54) is 11.8 Å². The van der Waals surface area contributed by atoms with E-state index >= 15 is 0 Å². The van der Waals surface area contributed by atoms with Crippen molar-refractivity contribution in [1.29, 1.82) is 0 Å². The van der Waals surface area contributed by atoms with E-state index in [1.54, 1.807) is 6.92 Å². The van der Waals surface area contributed by atoms with Gasteiger partial charge in [0.15, 0.2) is 5.16 Å². The van der Waals surface area contributed by atoms with Crippen molar-refractivity contribution >= 4 is 23.7 Å². The Labute approximate surface area is 174 Å². The van der Waals surface area contributed by atoms with Gasteiger partial charge in [-0.25, -0.2) is 14.8 Å². The van der Waals surface area contributed by atoms with Gasteiger partial charge in [-0.2, -0.15) is 0 Å². The number of benzene rings is 2. The molecule has 3 aromatic rings. The maximum atomic E-state index is 12.8. The summed E-state index contributed by atoms with van der Waals surface area (Å²) >= 11 is 1.22. The number of carbonyl (C=O) groups excluding carboxylic acids is 2. The fourth-order valence-electron chi connectivity index (χ4n) is 2.74. The number of amides is 3. The average Bonchev–Trinajstić information content (AvgIpc) is 2.73. The van der Waals surface area contributed by atoms with E-state index < -0.39 is 17.2 Å². The van der Waals surface area contributed by atoms with Gasteiger partial charge in [0.05, 0.1) is 5.69 Å². The van der Waals surface area contributed by atoms with Gasteiger partial charge in [-0.15, -0.1) is 0 Å². The number of hydrogen-bond acceptors (Lipinski definition) is 5. The first kappa shape index (κ1) is 20.5. The maximum Gasteiger partial charge on any atom is 0.321 e. The predicted octanol–water partition coefficient (Wildman–Crippen LogP) is 4.13. The first-order chi connectivity index (χ1) is 14.1. The molecule has 2 aromatic carbocycles. The van der Waals surface area contributed by atoms with Gasteiger partial charge in [-0.1, -0.05) is 72.4 Å². The quantitative estimate of drug-likeness (QED) is 0.475. The van der Waals surface area contributed by atoms with Crippen molar-refractivity contribution in [1.82, 2.24) is 20.6 Å². The summed E-state index contributed by atoms with van der Waals surface area (Å²) in [6.45, 7) is 4.12. The summed E-state index contributed by atoms with van der Waals surface area (Å²) in [5.41, 5.74) is 3.34. The number of carbonyl (C=O) groups is 2. The van der Waals surface area contributed by atoms with Crippen LogP contribution in [0.2, 0.25) is 0 Å². The molecule has 3 amide bonds. The second-order valence-electron chi connectivity index (χ2n) is 6.30. The molecule has 0 unspecified atom stereocenters. The Balaban J connectivity index is 1.91. The molecule has 0 spiro atoms. The third-order valence-corrected chi connectivity index (χ3v) is 5.16. The first-order valence-electron chi connectivity index (χ1n) is 9.28. The molecule has 0 saturated carbocycles. The molecular weight excluding hydrogens is 384 g/mol. The number of aromatic nitrogens is 2. The molecule has 29 heavy (non-hydrogen) atoms. The van der Waals surface area contributed by atoms with E-state index in [0.29, 0.717) is 11.7 Å². The molecule has 0 bridgehead atoms. The molecule has 0 aliphatic heterocycles. The van der Waals surface area contributed by atoms with Crippen LogP contribution < -0.4 is 10.6 Å². The molecule has 1 atom stereocenters. The summed E-state index contributed by atoms with van der Waals surface area (Å²) in [7, 11) is 0. The van der Waals surface area contributed by atoms with E-state index in [1.807, 2.05) is 73.7 Å². The number of thioether (sulfide) groups is 1. The first-order valence-corrected chi connectivity index (χ1v) is 10.2. The predicted molar refractivity (Wildman–Crippen MR) is 114 cm³/mol. The van der Waals surface area contributed by atoms with Crippen molar-refractivity contribution in [3.05, 3.63) is 78.0 Å². The number of nitrogens with one attached hydrogen (secondary N) is 2. The van der Waals surface area contributed by atoms with Crippen molar-refractivity contribution in [2.45, 2.75) is 24.3 Å². The Hall–Kier alpha value is -3.19. The zero-order chi connectivity index (χ0) is 20.6. The molecule has 1 heterocycles. The van der Waals surface area contributed by atoms with Gasteiger partial charge in [0.1, 0.15) is 5.25 Å². The van der Waals surface area contributed by atoms with Crippen LogP contribution in [0, 0.1) is 6.92 Å². The van der Waals surface area contributed by atoms with E-state index in [9.17, 15) is 9.59 Å². The molecule has 148 valence electrons. The van der Waals surface area contributed by atoms with Crippen LogP contribution in [-0.4, -0.2) is 28.5 Å². The van der Waals surface area contributed by atoms with Gasteiger partial charge >= 0.3 is 6.03 Å². The maximum absolute atomic E-state index is 12.8. The van der Waals surface area contributed by atoms with Crippen LogP contribution in [-0.2, 0) is 4.79 Å². The number of hydrogen-bond donors (Lipinski definition) is 2. The van der Waals surface area contributed by atoms with Gasteiger partial charge in [0.25, 0.3) is 0 Å². The molecule has 3 rings (SSSR count). The standard InChI is InChI=1S/C22H22N4O2S/c1-3-23-21(28)26-20(27)19(17-12-8-5-9-13-17)29-22-24-15(2)14-18(25-22)16-10-6-4-7-11-16/h4-14,19H,3H2,1-2H3,(H2,23,26,27,28)/t19-/m1/s1. The van der Waals surface area contributed by atoms with Crippen LogP contribution in [0.1, 0.15) is 23.4 Å². The SMILES string of the molecule is CCNC(=O)NC(=O)[C@H](Sc1nc(C)cc(-c2ccccc2)n1)c1ccccc1. The third-order valence-electron chi connectivity index (χ3n) is 4.04. The van der Waals surface area contributed by atoms with Gasteiger partial charge in [-0.05, 0) is 25.5 Å². The largest absolute Gasteiger partial charge is 0.338 e. The molecule has 6 nitrogen and oxygen atoms in total. The number of imide groups is 1. The fraction of sp³-hybridized carbons (Fsp3) is 0.182. The number of urea groups is 1. The normalized spacial score (nSPS) is 11.5. The zero-order valence-electron chi connectivity index (χ0n) is 16.3. The lowest BCUT2D eigenvalue weighted by molar-refractivity contribution is -0.119. The molecule has 7 heteroatoms. The Morgan fingerprint density at radius 3 is 2.31 bits per heavy atom. The molecule has 0 radical (unpaired) electrons. The van der Waals surface area contributed by atoms with E-state index in [0.717, 1.165) is 22.5 Å². The minimum absolute atomic E-state index is 0.418. The van der Waals surface area contributed by atoms with Crippen molar-refractivity contribution < 1.29 is 9.59 Å². The van der Waals surface area contributed by atoms with Gasteiger partial charge in [-0.3, -0.25) is 10.1 Å². The summed E-state index contributed by atoms with van der Waals surface area (Å²) in [6, 6.07) is 20.5. The second kappa shape index (κ2) is 9.84. The lowest BCUT2D eigenvalue weighted by Gasteiger charge is -2.16. The molecular formula is C22H22N4O2S. The lowest BCUT2D eigenvalue weighted by Crippen LogP contribution is -2.41. The Kier molecular flexibility index (Phi) is 6.97. The van der Waals surface area contributed by atoms with Crippen LogP contribution in [0.3, 0.4) is 0 Å². The smallest absolute Gasteiger partial charge is 0.321 e. The topological polar surface area (TPSA) is 84.0 Å². The minimum atomic E-state index is -0.663. The molecule has 0 aliphatic rings. The van der Waals surface area contributed by atoms with Crippen LogP contribution >= 0.6 is 11.8 Å². The van der Waals surface area contributed by atoms with Crippen molar-refractivity contribution in [2.24, 2.45) is 0 Å². The Bertz CT molecular complexity index is 981. The van der Waals surface area contributed by atoms with E-state index in [2.05, 4.69) is 20.6 Å². The molecule has 0 fully saturated rings. The molecule has 0 saturated heterocycles. The van der Waals surface area contributed by atoms with Crippen LogP contribution in [0.15, 0.2) is 71.9 Å². The van der Waals surface area contributed by atoms with E-state index in [4.69, 9.17) is 0 Å². The van der Waals surface area contributed by atoms with Crippen LogP contribution in [0.4, 0.5) is 4.79 Å². The number of rotatable bonds is 6. The van der Waals surface area contributed by atoms with Crippen LogP contribution in [0.5, 0.6) is 0 Å². The van der Waals surface area contributed by atoms with Gasteiger partial charge < -0.3 is 5.32 Å². The third kappa shape index (κ3) is 5.65. The van der Waals surface area contributed by atoms with Crippen molar-refractivity contribution in [3.63, 3.8) is 0 Å². The van der Waals surface area contributed by atoms with E-state index in [-0.39, 0.29) is 0 Å². The molecule has 1 aromatic heterocycles. The fourth-order valence-corrected chi connectivity index (χ4v) is 3.76.